The fourth-order valence-corrected chi connectivity index (χ4v) is 2.26. The molecule has 6 heteroatoms. The second kappa shape index (κ2) is 4.76. The molecular weight excluding hydrogens is 246 g/mol. The Hall–Kier alpha value is -1.20. The van der Waals surface area contributed by atoms with Crippen LogP contribution in [0.5, 0.6) is 0 Å². The van der Waals surface area contributed by atoms with Gasteiger partial charge in [-0.25, -0.2) is 9.67 Å². The highest BCUT2D eigenvalue weighted by atomic mass is 35.5. The second-order valence-electron chi connectivity index (χ2n) is 3.40. The largest absolute Gasteiger partial charge is 0.268 e. The molecule has 84 valence electrons. The van der Waals surface area contributed by atoms with Crippen LogP contribution in [0.1, 0.15) is 16.3 Å². The standard InChI is InChI=1S/C10H10ClN3OS/c1-7-2-10(15)14(12-4-7)5-9-13-8(3-11)6-16-9/h2,4,6H,3,5H2,1H3. The highest BCUT2D eigenvalue weighted by molar-refractivity contribution is 7.09. The van der Waals surface area contributed by atoms with E-state index in [1.54, 1.807) is 12.3 Å². The van der Waals surface area contributed by atoms with E-state index in [4.69, 9.17) is 11.6 Å². The fraction of sp³-hybridized carbons (Fsp3) is 0.300. The topological polar surface area (TPSA) is 47.8 Å². The van der Waals surface area contributed by atoms with Crippen molar-refractivity contribution in [1.82, 2.24) is 14.8 Å². The Morgan fingerprint density at radius 3 is 3.00 bits per heavy atom. The van der Waals surface area contributed by atoms with Crippen molar-refractivity contribution in [2.24, 2.45) is 0 Å². The van der Waals surface area contributed by atoms with E-state index in [0.29, 0.717) is 12.4 Å². The van der Waals surface area contributed by atoms with Crippen molar-refractivity contribution < 1.29 is 0 Å². The van der Waals surface area contributed by atoms with Gasteiger partial charge in [0.2, 0.25) is 0 Å². The van der Waals surface area contributed by atoms with E-state index in [0.717, 1.165) is 16.3 Å². The van der Waals surface area contributed by atoms with Gasteiger partial charge in [0, 0.05) is 11.4 Å². The summed E-state index contributed by atoms with van der Waals surface area (Å²) in [5, 5.41) is 6.78. The molecule has 0 atom stereocenters. The van der Waals surface area contributed by atoms with Crippen molar-refractivity contribution >= 4 is 22.9 Å². The molecule has 0 saturated heterocycles. The first kappa shape index (κ1) is 11.3. The summed E-state index contributed by atoms with van der Waals surface area (Å²) in [6.45, 7) is 2.24. The summed E-state index contributed by atoms with van der Waals surface area (Å²) in [6, 6.07) is 1.56. The molecule has 2 rings (SSSR count). The third kappa shape index (κ3) is 2.48. The summed E-state index contributed by atoms with van der Waals surface area (Å²) in [5.41, 5.74) is 1.59. The zero-order valence-electron chi connectivity index (χ0n) is 8.68. The quantitative estimate of drug-likeness (QED) is 0.786. The molecular formula is C10H10ClN3OS. The summed E-state index contributed by atoms with van der Waals surface area (Å²) in [6.07, 6.45) is 1.66. The molecule has 0 unspecified atom stereocenters. The van der Waals surface area contributed by atoms with Gasteiger partial charge in [-0.3, -0.25) is 4.79 Å². The minimum atomic E-state index is -0.109. The smallest absolute Gasteiger partial charge is 0.267 e. The summed E-state index contributed by atoms with van der Waals surface area (Å²) in [4.78, 5) is 15.8. The van der Waals surface area contributed by atoms with E-state index in [9.17, 15) is 4.79 Å². The van der Waals surface area contributed by atoms with Crippen molar-refractivity contribution in [2.45, 2.75) is 19.3 Å². The Morgan fingerprint density at radius 1 is 1.56 bits per heavy atom. The summed E-state index contributed by atoms with van der Waals surface area (Å²) >= 11 is 7.14. The van der Waals surface area contributed by atoms with Gasteiger partial charge in [0.1, 0.15) is 5.01 Å². The lowest BCUT2D eigenvalue weighted by Crippen LogP contribution is -2.22. The maximum absolute atomic E-state index is 11.6. The summed E-state index contributed by atoms with van der Waals surface area (Å²) < 4.78 is 1.39. The Balaban J connectivity index is 2.23. The van der Waals surface area contributed by atoms with Gasteiger partial charge in [0.05, 0.1) is 24.3 Å². The van der Waals surface area contributed by atoms with Gasteiger partial charge < -0.3 is 0 Å². The van der Waals surface area contributed by atoms with Crippen LogP contribution in [0.15, 0.2) is 22.4 Å². The molecule has 2 heterocycles. The van der Waals surface area contributed by atoms with E-state index in [-0.39, 0.29) is 5.56 Å². The molecule has 0 aliphatic carbocycles. The van der Waals surface area contributed by atoms with Crippen molar-refractivity contribution in [3.63, 3.8) is 0 Å². The van der Waals surface area contributed by atoms with Crippen LogP contribution in [-0.4, -0.2) is 14.8 Å². The molecule has 16 heavy (non-hydrogen) atoms. The molecule has 4 nitrogen and oxygen atoms in total. The lowest BCUT2D eigenvalue weighted by atomic mass is 10.3. The van der Waals surface area contributed by atoms with Crippen molar-refractivity contribution in [3.05, 3.63) is 44.3 Å². The Morgan fingerprint density at radius 2 is 2.38 bits per heavy atom. The van der Waals surface area contributed by atoms with Crippen molar-refractivity contribution in [1.29, 1.82) is 0 Å². The summed E-state index contributed by atoms with van der Waals surface area (Å²) in [7, 11) is 0. The molecule has 0 aliphatic rings. The molecule has 0 bridgehead atoms. The third-order valence-corrected chi connectivity index (χ3v) is 3.18. The van der Waals surface area contributed by atoms with Gasteiger partial charge in [-0.2, -0.15) is 5.10 Å². The Labute approximate surface area is 102 Å². The molecule has 0 radical (unpaired) electrons. The zero-order valence-corrected chi connectivity index (χ0v) is 10.3. The number of hydrogen-bond acceptors (Lipinski definition) is 4. The second-order valence-corrected chi connectivity index (χ2v) is 4.60. The first-order valence-electron chi connectivity index (χ1n) is 4.72. The number of aryl methyl sites for hydroxylation is 1. The van der Waals surface area contributed by atoms with Gasteiger partial charge in [-0.1, -0.05) is 0 Å². The van der Waals surface area contributed by atoms with Crippen LogP contribution in [0.4, 0.5) is 0 Å². The number of rotatable bonds is 3. The number of halogens is 1. The highest BCUT2D eigenvalue weighted by Crippen LogP contribution is 2.11. The first-order valence-corrected chi connectivity index (χ1v) is 6.13. The Bertz CT molecular complexity index is 549. The average Bonchev–Trinajstić information content (AvgIpc) is 2.70. The fourth-order valence-electron chi connectivity index (χ4n) is 1.25. The molecule has 0 aliphatic heterocycles. The normalized spacial score (nSPS) is 10.6. The van der Waals surface area contributed by atoms with Gasteiger partial charge in [0.15, 0.2) is 0 Å². The summed E-state index contributed by atoms with van der Waals surface area (Å²) in [5.74, 6) is 0.396. The van der Waals surface area contributed by atoms with Crippen LogP contribution in [0.2, 0.25) is 0 Å². The SMILES string of the molecule is Cc1cnn(Cc2nc(CCl)cs2)c(=O)c1. The predicted molar refractivity (Wildman–Crippen MR) is 64.0 cm³/mol. The van der Waals surface area contributed by atoms with Crippen LogP contribution in [0.25, 0.3) is 0 Å². The van der Waals surface area contributed by atoms with Crippen molar-refractivity contribution in [3.8, 4) is 0 Å². The predicted octanol–water partition coefficient (Wildman–Crippen LogP) is 1.80. The zero-order chi connectivity index (χ0) is 11.5. The monoisotopic (exact) mass is 255 g/mol. The number of hydrogen-bond donors (Lipinski definition) is 0. The highest BCUT2D eigenvalue weighted by Gasteiger charge is 2.04. The Kier molecular flexibility index (Phi) is 3.36. The molecule has 0 spiro atoms. The van der Waals surface area contributed by atoms with E-state index in [2.05, 4.69) is 10.1 Å². The van der Waals surface area contributed by atoms with Crippen LogP contribution in [0.3, 0.4) is 0 Å². The maximum atomic E-state index is 11.6. The van der Waals surface area contributed by atoms with E-state index < -0.39 is 0 Å². The maximum Gasteiger partial charge on any atom is 0.267 e. The molecule has 2 aromatic heterocycles. The average molecular weight is 256 g/mol. The lowest BCUT2D eigenvalue weighted by molar-refractivity contribution is 0.632. The first-order chi connectivity index (χ1) is 7.69. The molecule has 2 aromatic rings. The van der Waals surface area contributed by atoms with Crippen LogP contribution in [0, 0.1) is 6.92 Å². The number of aromatic nitrogens is 3. The van der Waals surface area contributed by atoms with Gasteiger partial charge in [-0.15, -0.1) is 22.9 Å². The van der Waals surface area contributed by atoms with Crippen LogP contribution in [-0.2, 0) is 12.4 Å². The van der Waals surface area contributed by atoms with Gasteiger partial charge >= 0.3 is 0 Å². The van der Waals surface area contributed by atoms with Crippen molar-refractivity contribution in [2.75, 3.05) is 0 Å². The molecule has 0 saturated carbocycles. The lowest BCUT2D eigenvalue weighted by Gasteiger charge is -2.00. The van der Waals surface area contributed by atoms with E-state index in [1.807, 2.05) is 12.3 Å². The minimum absolute atomic E-state index is 0.109. The van der Waals surface area contributed by atoms with Crippen LogP contribution >= 0.6 is 22.9 Å². The van der Waals surface area contributed by atoms with E-state index in [1.165, 1.54) is 16.0 Å². The van der Waals surface area contributed by atoms with Gasteiger partial charge in [0.25, 0.3) is 5.56 Å². The molecule has 0 fully saturated rings. The third-order valence-electron chi connectivity index (χ3n) is 2.03. The molecule has 0 amide bonds. The number of nitrogens with zero attached hydrogens (tertiary/aromatic N) is 3. The van der Waals surface area contributed by atoms with Gasteiger partial charge in [-0.05, 0) is 12.5 Å². The molecule has 0 N–H and O–H groups in total. The molecule has 0 aromatic carbocycles. The van der Waals surface area contributed by atoms with E-state index >= 15 is 0 Å². The minimum Gasteiger partial charge on any atom is -0.268 e. The number of alkyl halides is 1. The van der Waals surface area contributed by atoms with Crippen LogP contribution < -0.4 is 5.56 Å². The number of thiazole rings is 1.